The molecule has 0 aliphatic heterocycles. The molecule has 2 N–H and O–H groups in total. The minimum absolute atomic E-state index is 0.152. The van der Waals surface area contributed by atoms with E-state index in [0.717, 1.165) is 22.4 Å². The molecule has 2 aromatic rings. The lowest BCUT2D eigenvalue weighted by Gasteiger charge is -2.15. The predicted molar refractivity (Wildman–Crippen MR) is 84.8 cm³/mol. The van der Waals surface area contributed by atoms with Gasteiger partial charge in [-0.2, -0.15) is 0 Å². The number of halogens is 2. The summed E-state index contributed by atoms with van der Waals surface area (Å²) < 4.78 is 5.33. The number of aryl methyl sites for hydroxylation is 1. The van der Waals surface area contributed by atoms with E-state index in [9.17, 15) is 0 Å². The summed E-state index contributed by atoms with van der Waals surface area (Å²) in [4.78, 5) is 0. The Kier molecular flexibility index (Phi) is 4.92. The lowest BCUT2D eigenvalue weighted by atomic mass is 9.98. The maximum atomic E-state index is 6.26. The molecule has 0 amide bonds. The molecule has 20 heavy (non-hydrogen) atoms. The Labute approximate surface area is 129 Å². The van der Waals surface area contributed by atoms with Gasteiger partial charge in [-0.1, -0.05) is 47.5 Å². The molecule has 0 aliphatic rings. The number of hydrogen-bond acceptors (Lipinski definition) is 2. The zero-order valence-corrected chi connectivity index (χ0v) is 13.0. The van der Waals surface area contributed by atoms with Crippen LogP contribution in [0.1, 0.15) is 22.7 Å². The van der Waals surface area contributed by atoms with E-state index in [2.05, 4.69) is 0 Å². The van der Waals surface area contributed by atoms with Crippen LogP contribution in [-0.2, 0) is 6.42 Å². The molecule has 0 saturated heterocycles. The van der Waals surface area contributed by atoms with Gasteiger partial charge in [-0.05, 0) is 42.2 Å². The maximum absolute atomic E-state index is 6.26. The van der Waals surface area contributed by atoms with Crippen molar-refractivity contribution in [2.45, 2.75) is 19.4 Å². The van der Waals surface area contributed by atoms with E-state index in [4.69, 9.17) is 33.7 Å². The van der Waals surface area contributed by atoms with Crippen LogP contribution in [0.2, 0.25) is 10.0 Å². The first kappa shape index (κ1) is 15.2. The number of benzene rings is 2. The Morgan fingerprint density at radius 3 is 2.65 bits per heavy atom. The molecule has 0 aliphatic carbocycles. The molecule has 0 fully saturated rings. The van der Waals surface area contributed by atoms with Crippen molar-refractivity contribution in [2.24, 2.45) is 5.73 Å². The van der Waals surface area contributed by atoms with Crippen LogP contribution in [0.5, 0.6) is 5.75 Å². The minimum atomic E-state index is -0.152. The molecule has 2 nitrogen and oxygen atoms in total. The van der Waals surface area contributed by atoms with Crippen LogP contribution in [-0.4, -0.2) is 7.11 Å². The second-order valence-electron chi connectivity index (χ2n) is 4.75. The third kappa shape index (κ3) is 3.26. The average molecular weight is 310 g/mol. The molecule has 106 valence electrons. The largest absolute Gasteiger partial charge is 0.496 e. The van der Waals surface area contributed by atoms with E-state index in [-0.39, 0.29) is 6.04 Å². The van der Waals surface area contributed by atoms with E-state index in [1.165, 1.54) is 0 Å². The summed E-state index contributed by atoms with van der Waals surface area (Å²) in [5.74, 6) is 0.843. The molecule has 1 atom stereocenters. The van der Waals surface area contributed by atoms with Crippen LogP contribution < -0.4 is 10.5 Å². The summed E-state index contributed by atoms with van der Waals surface area (Å²) >= 11 is 12.2. The van der Waals surface area contributed by atoms with Gasteiger partial charge in [0, 0.05) is 6.04 Å². The first-order chi connectivity index (χ1) is 9.52. The molecule has 2 aromatic carbocycles. The quantitative estimate of drug-likeness (QED) is 0.899. The second kappa shape index (κ2) is 6.49. The fourth-order valence-corrected chi connectivity index (χ4v) is 2.53. The maximum Gasteiger partial charge on any atom is 0.122 e. The monoisotopic (exact) mass is 309 g/mol. The topological polar surface area (TPSA) is 35.2 Å². The van der Waals surface area contributed by atoms with Gasteiger partial charge in [0.1, 0.15) is 5.75 Å². The Balaban J connectivity index is 2.24. The predicted octanol–water partition coefficient (Wildman–Crippen LogP) is 4.55. The molecule has 0 radical (unpaired) electrons. The summed E-state index contributed by atoms with van der Waals surface area (Å²) in [6, 6.07) is 11.4. The first-order valence-corrected chi connectivity index (χ1v) is 7.11. The molecular weight excluding hydrogens is 293 g/mol. The Morgan fingerprint density at radius 2 is 1.95 bits per heavy atom. The van der Waals surface area contributed by atoms with Gasteiger partial charge in [-0.3, -0.25) is 0 Å². The van der Waals surface area contributed by atoms with Crippen molar-refractivity contribution < 1.29 is 4.74 Å². The summed E-state index contributed by atoms with van der Waals surface area (Å²) in [5.41, 5.74) is 9.32. The fourth-order valence-electron chi connectivity index (χ4n) is 2.13. The fraction of sp³-hybridized carbons (Fsp3) is 0.250. The summed E-state index contributed by atoms with van der Waals surface area (Å²) in [6.07, 6.45) is 0.631. The molecule has 1 unspecified atom stereocenters. The third-order valence-corrected chi connectivity index (χ3v) is 4.19. The Hall–Kier alpha value is -1.22. The molecular formula is C16H17Cl2NO. The standard InChI is InChI=1S/C16H17Cl2NO/c1-10-6-7-11(9-15(10)20-2)14(19)8-12-4-3-5-13(17)16(12)18/h3-7,9,14H,8,19H2,1-2H3. The van der Waals surface area contributed by atoms with Gasteiger partial charge < -0.3 is 10.5 Å². The number of ether oxygens (including phenoxy) is 1. The van der Waals surface area contributed by atoms with E-state index in [1.54, 1.807) is 13.2 Å². The second-order valence-corrected chi connectivity index (χ2v) is 5.54. The van der Waals surface area contributed by atoms with Crippen molar-refractivity contribution >= 4 is 23.2 Å². The molecule has 0 heterocycles. The smallest absolute Gasteiger partial charge is 0.122 e. The zero-order valence-electron chi connectivity index (χ0n) is 11.5. The van der Waals surface area contributed by atoms with Crippen molar-refractivity contribution in [1.82, 2.24) is 0 Å². The summed E-state index contributed by atoms with van der Waals surface area (Å²) in [7, 11) is 1.66. The Bertz CT molecular complexity index is 613. The lowest BCUT2D eigenvalue weighted by molar-refractivity contribution is 0.410. The number of nitrogens with two attached hydrogens (primary N) is 1. The Morgan fingerprint density at radius 1 is 1.20 bits per heavy atom. The number of methoxy groups -OCH3 is 1. The van der Waals surface area contributed by atoms with Crippen molar-refractivity contribution in [3.05, 3.63) is 63.1 Å². The van der Waals surface area contributed by atoms with Gasteiger partial charge in [0.15, 0.2) is 0 Å². The summed E-state index contributed by atoms with van der Waals surface area (Å²) in [5, 5.41) is 1.13. The highest BCUT2D eigenvalue weighted by Crippen LogP contribution is 2.30. The van der Waals surface area contributed by atoms with E-state index < -0.39 is 0 Å². The van der Waals surface area contributed by atoms with Crippen LogP contribution in [0.25, 0.3) is 0 Å². The SMILES string of the molecule is COc1cc(C(N)Cc2cccc(Cl)c2Cl)ccc1C. The minimum Gasteiger partial charge on any atom is -0.496 e. The molecule has 0 bridgehead atoms. The molecule has 0 saturated carbocycles. The van der Waals surface area contributed by atoms with E-state index in [0.29, 0.717) is 16.5 Å². The molecule has 0 spiro atoms. The van der Waals surface area contributed by atoms with Crippen LogP contribution in [0.15, 0.2) is 36.4 Å². The van der Waals surface area contributed by atoms with Gasteiger partial charge in [-0.15, -0.1) is 0 Å². The summed E-state index contributed by atoms with van der Waals surface area (Å²) in [6.45, 7) is 2.00. The number of hydrogen-bond donors (Lipinski definition) is 1. The van der Waals surface area contributed by atoms with Gasteiger partial charge >= 0.3 is 0 Å². The van der Waals surface area contributed by atoms with E-state index >= 15 is 0 Å². The van der Waals surface area contributed by atoms with Gasteiger partial charge in [0.2, 0.25) is 0 Å². The average Bonchev–Trinajstić information content (AvgIpc) is 2.44. The molecule has 2 rings (SSSR count). The lowest BCUT2D eigenvalue weighted by Crippen LogP contribution is -2.14. The third-order valence-electron chi connectivity index (χ3n) is 3.33. The van der Waals surface area contributed by atoms with Gasteiger partial charge in [0.05, 0.1) is 17.2 Å². The van der Waals surface area contributed by atoms with Gasteiger partial charge in [0.25, 0.3) is 0 Å². The van der Waals surface area contributed by atoms with Crippen LogP contribution in [0, 0.1) is 6.92 Å². The highest BCUT2D eigenvalue weighted by Gasteiger charge is 2.12. The van der Waals surface area contributed by atoms with Crippen molar-refractivity contribution in [3.8, 4) is 5.75 Å². The van der Waals surface area contributed by atoms with Crippen LogP contribution in [0.3, 0.4) is 0 Å². The van der Waals surface area contributed by atoms with Crippen LogP contribution >= 0.6 is 23.2 Å². The van der Waals surface area contributed by atoms with E-state index in [1.807, 2.05) is 37.3 Å². The molecule has 4 heteroatoms. The molecule has 0 aromatic heterocycles. The number of rotatable bonds is 4. The normalized spacial score (nSPS) is 12.2. The van der Waals surface area contributed by atoms with Crippen molar-refractivity contribution in [1.29, 1.82) is 0 Å². The van der Waals surface area contributed by atoms with Gasteiger partial charge in [-0.25, -0.2) is 0 Å². The highest BCUT2D eigenvalue weighted by molar-refractivity contribution is 6.42. The zero-order chi connectivity index (χ0) is 14.7. The highest BCUT2D eigenvalue weighted by atomic mass is 35.5. The van der Waals surface area contributed by atoms with Crippen LogP contribution in [0.4, 0.5) is 0 Å². The van der Waals surface area contributed by atoms with Crippen molar-refractivity contribution in [3.63, 3.8) is 0 Å². The van der Waals surface area contributed by atoms with Crippen molar-refractivity contribution in [2.75, 3.05) is 7.11 Å². The first-order valence-electron chi connectivity index (χ1n) is 6.36.